The first kappa shape index (κ1) is 12.9. The smallest absolute Gasteiger partial charge is 0.135 e. The van der Waals surface area contributed by atoms with E-state index in [4.69, 9.17) is 4.42 Å². The molecule has 0 amide bonds. The number of pyridine rings is 1. The quantitative estimate of drug-likeness (QED) is 0.784. The molecule has 0 unspecified atom stereocenters. The van der Waals surface area contributed by atoms with Crippen LogP contribution in [0.15, 0.2) is 59.3 Å². The highest BCUT2D eigenvalue weighted by Crippen LogP contribution is 2.38. The molecular formula is C17H17NO2. The Labute approximate surface area is 117 Å². The molecule has 2 aromatic heterocycles. The summed E-state index contributed by atoms with van der Waals surface area (Å²) in [5.41, 5.74) is -0.217. The van der Waals surface area contributed by atoms with E-state index in [-0.39, 0.29) is 5.92 Å². The van der Waals surface area contributed by atoms with Gasteiger partial charge in [-0.25, -0.2) is 0 Å². The second-order valence-electron chi connectivity index (χ2n) is 5.26. The number of aliphatic hydroxyl groups is 1. The third-order valence-electron chi connectivity index (χ3n) is 3.98. The minimum atomic E-state index is -1.10. The zero-order chi connectivity index (χ0) is 14.2. The van der Waals surface area contributed by atoms with Crippen molar-refractivity contribution in [2.75, 3.05) is 0 Å². The maximum Gasteiger partial charge on any atom is 0.135 e. The number of hydrogen-bond donors (Lipinski definition) is 1. The van der Waals surface area contributed by atoms with E-state index in [2.05, 4.69) is 11.1 Å². The Kier molecular flexibility index (Phi) is 3.07. The van der Waals surface area contributed by atoms with Gasteiger partial charge in [0.05, 0.1) is 12.0 Å². The van der Waals surface area contributed by atoms with Crippen LogP contribution in [0.1, 0.15) is 31.2 Å². The first-order chi connectivity index (χ1) is 9.60. The predicted octanol–water partition coefficient (Wildman–Crippen LogP) is 3.84. The SMILES string of the molecule is C[C@@H](c1nccc2ccccc12)[C@@](C)(O)c1ccco1. The van der Waals surface area contributed by atoms with Gasteiger partial charge in [0.1, 0.15) is 11.4 Å². The monoisotopic (exact) mass is 267 g/mol. The third-order valence-corrected chi connectivity index (χ3v) is 3.98. The Morgan fingerprint density at radius 1 is 1.15 bits per heavy atom. The van der Waals surface area contributed by atoms with E-state index in [0.29, 0.717) is 5.76 Å². The average molecular weight is 267 g/mol. The summed E-state index contributed by atoms with van der Waals surface area (Å²) in [5.74, 6) is 0.375. The lowest BCUT2D eigenvalue weighted by atomic mass is 9.84. The molecule has 3 rings (SSSR count). The molecular weight excluding hydrogens is 250 g/mol. The van der Waals surface area contributed by atoms with E-state index < -0.39 is 5.60 Å². The molecule has 2 atom stereocenters. The molecule has 0 saturated carbocycles. The average Bonchev–Trinajstić information content (AvgIpc) is 3.01. The molecule has 102 valence electrons. The van der Waals surface area contributed by atoms with Crippen molar-refractivity contribution in [3.63, 3.8) is 0 Å². The minimum Gasteiger partial charge on any atom is -0.466 e. The highest BCUT2D eigenvalue weighted by atomic mass is 16.4. The molecule has 0 aliphatic heterocycles. The molecule has 0 spiro atoms. The zero-order valence-corrected chi connectivity index (χ0v) is 11.6. The predicted molar refractivity (Wildman–Crippen MR) is 78.4 cm³/mol. The molecule has 3 heteroatoms. The topological polar surface area (TPSA) is 46.3 Å². The summed E-state index contributed by atoms with van der Waals surface area (Å²) in [6.07, 6.45) is 3.36. The van der Waals surface area contributed by atoms with E-state index in [1.165, 1.54) is 0 Å². The van der Waals surface area contributed by atoms with Gasteiger partial charge in [-0.15, -0.1) is 0 Å². The molecule has 3 nitrogen and oxygen atoms in total. The van der Waals surface area contributed by atoms with Crippen molar-refractivity contribution in [3.05, 3.63) is 66.4 Å². The van der Waals surface area contributed by atoms with Gasteiger partial charge in [0.2, 0.25) is 0 Å². The van der Waals surface area contributed by atoms with Gasteiger partial charge in [-0.2, -0.15) is 0 Å². The van der Waals surface area contributed by atoms with Gasteiger partial charge in [0.15, 0.2) is 0 Å². The van der Waals surface area contributed by atoms with Gasteiger partial charge in [-0.05, 0) is 30.5 Å². The van der Waals surface area contributed by atoms with Crippen LogP contribution in [0.5, 0.6) is 0 Å². The fraction of sp³-hybridized carbons (Fsp3) is 0.235. The van der Waals surface area contributed by atoms with Crippen molar-refractivity contribution in [2.45, 2.75) is 25.4 Å². The molecule has 3 aromatic rings. The van der Waals surface area contributed by atoms with Crippen molar-refractivity contribution in [1.29, 1.82) is 0 Å². The summed E-state index contributed by atoms with van der Waals surface area (Å²) < 4.78 is 5.38. The van der Waals surface area contributed by atoms with E-state index in [9.17, 15) is 5.11 Å². The van der Waals surface area contributed by atoms with E-state index in [1.54, 1.807) is 31.5 Å². The zero-order valence-electron chi connectivity index (χ0n) is 11.6. The summed E-state index contributed by atoms with van der Waals surface area (Å²) in [6, 6.07) is 13.6. The Balaban J connectivity index is 2.11. The lowest BCUT2D eigenvalue weighted by molar-refractivity contribution is 0.0101. The largest absolute Gasteiger partial charge is 0.466 e. The normalized spacial score (nSPS) is 15.9. The van der Waals surface area contributed by atoms with Gasteiger partial charge in [0, 0.05) is 17.5 Å². The first-order valence-electron chi connectivity index (χ1n) is 6.70. The molecule has 0 saturated heterocycles. The van der Waals surface area contributed by atoms with Crippen LogP contribution in [-0.2, 0) is 5.60 Å². The lowest BCUT2D eigenvalue weighted by Crippen LogP contribution is -2.28. The molecule has 2 heterocycles. The van der Waals surface area contributed by atoms with Crippen LogP contribution in [0.3, 0.4) is 0 Å². The summed E-state index contributed by atoms with van der Waals surface area (Å²) in [4.78, 5) is 4.48. The first-order valence-corrected chi connectivity index (χ1v) is 6.70. The standard InChI is InChI=1S/C17H17NO2/c1-12(17(2,19)15-8-5-11-20-15)16-14-7-4-3-6-13(14)9-10-18-16/h3-12,19H,1-2H3/t12-,17+/m0/s1. The molecule has 0 radical (unpaired) electrons. The van der Waals surface area contributed by atoms with Crippen molar-refractivity contribution >= 4 is 10.8 Å². The van der Waals surface area contributed by atoms with Gasteiger partial charge in [-0.1, -0.05) is 31.2 Å². The van der Waals surface area contributed by atoms with Crippen molar-refractivity contribution < 1.29 is 9.52 Å². The second kappa shape index (κ2) is 4.76. The molecule has 0 bridgehead atoms. The Morgan fingerprint density at radius 3 is 2.70 bits per heavy atom. The van der Waals surface area contributed by atoms with Crippen molar-refractivity contribution in [2.24, 2.45) is 0 Å². The molecule has 0 aliphatic carbocycles. The number of aromatic nitrogens is 1. The van der Waals surface area contributed by atoms with E-state index in [0.717, 1.165) is 16.5 Å². The Morgan fingerprint density at radius 2 is 1.95 bits per heavy atom. The Bertz CT molecular complexity index is 711. The molecule has 1 aromatic carbocycles. The van der Waals surface area contributed by atoms with E-state index in [1.807, 2.05) is 31.2 Å². The number of hydrogen-bond acceptors (Lipinski definition) is 3. The highest BCUT2D eigenvalue weighted by molar-refractivity contribution is 5.84. The van der Waals surface area contributed by atoms with Crippen LogP contribution in [0.2, 0.25) is 0 Å². The van der Waals surface area contributed by atoms with Crippen LogP contribution in [0.4, 0.5) is 0 Å². The second-order valence-corrected chi connectivity index (χ2v) is 5.26. The van der Waals surface area contributed by atoms with Crippen LogP contribution in [0, 0.1) is 0 Å². The van der Waals surface area contributed by atoms with Crippen molar-refractivity contribution in [1.82, 2.24) is 4.98 Å². The molecule has 0 fully saturated rings. The summed E-state index contributed by atoms with van der Waals surface area (Å²) in [5, 5.41) is 13.0. The van der Waals surface area contributed by atoms with Gasteiger partial charge < -0.3 is 9.52 Å². The number of nitrogens with zero attached hydrogens (tertiary/aromatic N) is 1. The van der Waals surface area contributed by atoms with Crippen LogP contribution in [0.25, 0.3) is 10.8 Å². The van der Waals surface area contributed by atoms with Crippen LogP contribution >= 0.6 is 0 Å². The fourth-order valence-electron chi connectivity index (χ4n) is 2.53. The Hall–Kier alpha value is -2.13. The number of rotatable bonds is 3. The summed E-state index contributed by atoms with van der Waals surface area (Å²) >= 11 is 0. The maximum absolute atomic E-state index is 10.8. The maximum atomic E-state index is 10.8. The number of benzene rings is 1. The summed E-state index contributed by atoms with van der Waals surface area (Å²) in [7, 11) is 0. The minimum absolute atomic E-state index is 0.181. The van der Waals surface area contributed by atoms with Crippen LogP contribution in [-0.4, -0.2) is 10.1 Å². The molecule has 0 aliphatic rings. The molecule has 20 heavy (non-hydrogen) atoms. The van der Waals surface area contributed by atoms with Gasteiger partial charge >= 0.3 is 0 Å². The van der Waals surface area contributed by atoms with Crippen LogP contribution < -0.4 is 0 Å². The fourth-order valence-corrected chi connectivity index (χ4v) is 2.53. The summed E-state index contributed by atoms with van der Waals surface area (Å²) in [6.45, 7) is 3.73. The van der Waals surface area contributed by atoms with E-state index >= 15 is 0 Å². The number of furan rings is 1. The van der Waals surface area contributed by atoms with Gasteiger partial charge in [0.25, 0.3) is 0 Å². The number of fused-ring (bicyclic) bond motifs is 1. The van der Waals surface area contributed by atoms with Gasteiger partial charge in [-0.3, -0.25) is 4.98 Å². The highest BCUT2D eigenvalue weighted by Gasteiger charge is 2.35. The van der Waals surface area contributed by atoms with Crippen molar-refractivity contribution in [3.8, 4) is 0 Å². The molecule has 1 N–H and O–H groups in total. The third kappa shape index (κ3) is 2.00. The lowest BCUT2D eigenvalue weighted by Gasteiger charge is -2.28.